The predicted molar refractivity (Wildman–Crippen MR) is 163 cm³/mol. The van der Waals surface area contributed by atoms with E-state index in [1.54, 1.807) is 18.2 Å². The van der Waals surface area contributed by atoms with Crippen molar-refractivity contribution in [2.45, 2.75) is 89.3 Å². The first-order valence-electron chi connectivity index (χ1n) is 14.2. The standard InChI is InChI=1S/C32H40N4O4S/c1-19-8-6-9-20(2)26(19)27-21(3)28(35-30(34-27)36-41-25-11-7-10-22(14-25)29(37)38)40-18-24(15-31(4,5)39)33-23-16-32(17-23)12-13-32/h6-11,14,23-24,33,39H,12-13,15-18H2,1-5H3,(H,37,38)(H,34,35,36). The first-order valence-corrected chi connectivity index (χ1v) is 15.1. The van der Waals surface area contributed by atoms with Gasteiger partial charge in [0.2, 0.25) is 11.8 Å². The van der Waals surface area contributed by atoms with E-state index >= 15 is 0 Å². The molecule has 1 unspecified atom stereocenters. The van der Waals surface area contributed by atoms with Crippen molar-refractivity contribution in [3.05, 3.63) is 64.7 Å². The van der Waals surface area contributed by atoms with Crippen LogP contribution in [0.25, 0.3) is 11.3 Å². The number of aryl methyl sites for hydroxylation is 2. The Labute approximate surface area is 246 Å². The number of aliphatic hydroxyl groups is 1. The van der Waals surface area contributed by atoms with Crippen LogP contribution >= 0.6 is 11.9 Å². The van der Waals surface area contributed by atoms with Crippen LogP contribution in [0.5, 0.6) is 5.88 Å². The van der Waals surface area contributed by atoms with Crippen molar-refractivity contribution in [3.8, 4) is 17.1 Å². The molecule has 218 valence electrons. The largest absolute Gasteiger partial charge is 0.478 e. The summed E-state index contributed by atoms with van der Waals surface area (Å²) in [6, 6.07) is 13.3. The Balaban J connectivity index is 1.40. The highest BCUT2D eigenvalue weighted by atomic mass is 32.2. The zero-order valence-corrected chi connectivity index (χ0v) is 25.3. The molecule has 9 heteroatoms. The third-order valence-electron chi connectivity index (χ3n) is 8.11. The second kappa shape index (κ2) is 11.6. The Morgan fingerprint density at radius 2 is 1.80 bits per heavy atom. The van der Waals surface area contributed by atoms with E-state index in [0.717, 1.165) is 32.8 Å². The summed E-state index contributed by atoms with van der Waals surface area (Å²) in [6.45, 7) is 10.1. The van der Waals surface area contributed by atoms with Crippen molar-refractivity contribution in [3.63, 3.8) is 0 Å². The van der Waals surface area contributed by atoms with Gasteiger partial charge in [0.15, 0.2) is 0 Å². The summed E-state index contributed by atoms with van der Waals surface area (Å²) in [5.41, 5.74) is 4.84. The van der Waals surface area contributed by atoms with E-state index in [1.165, 1.54) is 37.6 Å². The fourth-order valence-corrected chi connectivity index (χ4v) is 6.51. The average molecular weight is 577 g/mol. The minimum absolute atomic E-state index is 0.0290. The number of nitrogens with one attached hydrogen (secondary N) is 2. The number of nitrogens with zero attached hydrogens (tertiary/aromatic N) is 2. The number of hydrogen-bond acceptors (Lipinski definition) is 8. The van der Waals surface area contributed by atoms with Crippen LogP contribution in [0.2, 0.25) is 0 Å². The highest BCUT2D eigenvalue weighted by Crippen LogP contribution is 2.60. The number of rotatable bonds is 12. The van der Waals surface area contributed by atoms with Gasteiger partial charge in [-0.05, 0) is 113 Å². The van der Waals surface area contributed by atoms with Gasteiger partial charge in [-0.25, -0.2) is 9.78 Å². The summed E-state index contributed by atoms with van der Waals surface area (Å²) in [5.74, 6) is -0.124. The maximum Gasteiger partial charge on any atom is 0.335 e. The Bertz CT molecular complexity index is 1410. The lowest BCUT2D eigenvalue weighted by atomic mass is 9.76. The van der Waals surface area contributed by atoms with Gasteiger partial charge in [-0.15, -0.1) is 0 Å². The molecule has 41 heavy (non-hydrogen) atoms. The normalized spacial score (nSPS) is 16.7. The summed E-state index contributed by atoms with van der Waals surface area (Å²) < 4.78 is 9.62. The average Bonchev–Trinajstić information content (AvgIpc) is 3.68. The quantitative estimate of drug-likeness (QED) is 0.184. The summed E-state index contributed by atoms with van der Waals surface area (Å²) in [6.07, 6.45) is 5.64. The molecule has 4 N–H and O–H groups in total. The molecule has 1 aromatic heterocycles. The monoisotopic (exact) mass is 576 g/mol. The zero-order valence-electron chi connectivity index (χ0n) is 24.5. The van der Waals surface area contributed by atoms with E-state index in [9.17, 15) is 15.0 Å². The first kappa shape index (κ1) is 29.4. The molecule has 2 saturated carbocycles. The van der Waals surface area contributed by atoms with Crippen LogP contribution in [0, 0.1) is 26.2 Å². The number of aromatic nitrogens is 2. The van der Waals surface area contributed by atoms with E-state index in [4.69, 9.17) is 14.7 Å². The number of carboxylic acids is 1. The Kier molecular flexibility index (Phi) is 8.32. The van der Waals surface area contributed by atoms with Crippen LogP contribution in [-0.2, 0) is 0 Å². The molecule has 3 aromatic rings. The minimum atomic E-state index is -0.976. The molecule has 1 spiro atoms. The maximum atomic E-state index is 11.4. The van der Waals surface area contributed by atoms with E-state index in [1.807, 2.05) is 32.9 Å². The van der Waals surface area contributed by atoms with Crippen molar-refractivity contribution in [2.24, 2.45) is 5.41 Å². The number of hydrogen-bond donors (Lipinski definition) is 4. The predicted octanol–water partition coefficient (Wildman–Crippen LogP) is 6.33. The smallest absolute Gasteiger partial charge is 0.335 e. The highest BCUT2D eigenvalue weighted by Gasteiger charge is 2.53. The van der Waals surface area contributed by atoms with Crippen molar-refractivity contribution >= 4 is 23.9 Å². The molecule has 8 nitrogen and oxygen atoms in total. The molecule has 1 atom stereocenters. The van der Waals surface area contributed by atoms with Gasteiger partial charge >= 0.3 is 5.97 Å². The molecule has 2 aromatic carbocycles. The zero-order chi connectivity index (χ0) is 29.4. The van der Waals surface area contributed by atoms with Gasteiger partial charge in [0.25, 0.3) is 0 Å². The summed E-state index contributed by atoms with van der Waals surface area (Å²) >= 11 is 1.25. The number of carbonyl (C=O) groups is 1. The van der Waals surface area contributed by atoms with Crippen LogP contribution < -0.4 is 14.8 Å². The summed E-state index contributed by atoms with van der Waals surface area (Å²) in [7, 11) is 0. The second-order valence-corrected chi connectivity index (χ2v) is 13.3. The lowest BCUT2D eigenvalue weighted by Crippen LogP contribution is -2.51. The van der Waals surface area contributed by atoms with Crippen molar-refractivity contribution in [1.29, 1.82) is 0 Å². The molecular weight excluding hydrogens is 536 g/mol. The maximum absolute atomic E-state index is 11.4. The van der Waals surface area contributed by atoms with Gasteiger partial charge in [0.1, 0.15) is 6.61 Å². The molecule has 2 fully saturated rings. The number of ether oxygens (including phenoxy) is 1. The number of carboxylic acid groups (broad SMARTS) is 1. The second-order valence-electron chi connectivity index (χ2n) is 12.4. The molecule has 1 heterocycles. The Morgan fingerprint density at radius 3 is 2.44 bits per heavy atom. The summed E-state index contributed by atoms with van der Waals surface area (Å²) in [4.78, 5) is 21.8. The van der Waals surface area contributed by atoms with Crippen molar-refractivity contribution in [2.75, 3.05) is 11.3 Å². The molecular formula is C32H40N4O4S. The van der Waals surface area contributed by atoms with Gasteiger partial charge in [-0.1, -0.05) is 24.3 Å². The molecule has 0 bridgehead atoms. The number of anilines is 1. The fourth-order valence-electron chi connectivity index (χ4n) is 5.88. The SMILES string of the molecule is Cc1cccc(C)c1-c1nc(NSc2cccc(C(=O)O)c2)nc(OCC(CC(C)(C)O)NC2CC3(CC3)C2)c1C. The highest BCUT2D eigenvalue weighted by molar-refractivity contribution is 8.00. The van der Waals surface area contributed by atoms with Gasteiger partial charge in [-0.3, -0.25) is 4.72 Å². The lowest BCUT2D eigenvalue weighted by Gasteiger charge is -2.40. The topological polar surface area (TPSA) is 117 Å². The van der Waals surface area contributed by atoms with Crippen molar-refractivity contribution < 1.29 is 19.7 Å². The van der Waals surface area contributed by atoms with E-state index in [-0.39, 0.29) is 11.6 Å². The van der Waals surface area contributed by atoms with Gasteiger partial charge in [-0.2, -0.15) is 4.98 Å². The van der Waals surface area contributed by atoms with Gasteiger partial charge in [0, 0.05) is 28.1 Å². The Hall–Kier alpha value is -3.14. The van der Waals surface area contributed by atoms with Gasteiger partial charge < -0.3 is 20.3 Å². The molecule has 0 amide bonds. The van der Waals surface area contributed by atoms with Crippen molar-refractivity contribution in [1.82, 2.24) is 15.3 Å². The van der Waals surface area contributed by atoms with Gasteiger partial charge in [0.05, 0.1) is 16.9 Å². The molecule has 5 rings (SSSR count). The number of benzene rings is 2. The molecule has 2 aliphatic carbocycles. The first-order chi connectivity index (χ1) is 19.4. The fraction of sp³-hybridized carbons (Fsp3) is 0.469. The molecule has 0 aliphatic heterocycles. The van der Waals surface area contributed by atoms with E-state index in [2.05, 4.69) is 36.0 Å². The van der Waals surface area contributed by atoms with Crippen LogP contribution in [0.15, 0.2) is 47.4 Å². The van der Waals surface area contributed by atoms with E-state index in [0.29, 0.717) is 36.3 Å². The van der Waals surface area contributed by atoms with Crippen LogP contribution in [0.3, 0.4) is 0 Å². The van der Waals surface area contributed by atoms with Crippen LogP contribution in [-0.4, -0.2) is 50.4 Å². The molecule has 0 radical (unpaired) electrons. The lowest BCUT2D eigenvalue weighted by molar-refractivity contribution is 0.0429. The number of aromatic carboxylic acids is 1. The molecule has 0 saturated heterocycles. The molecule has 2 aliphatic rings. The van der Waals surface area contributed by atoms with E-state index < -0.39 is 11.6 Å². The van der Waals surface area contributed by atoms with Crippen LogP contribution in [0.4, 0.5) is 5.95 Å². The third kappa shape index (κ3) is 7.20. The van der Waals surface area contributed by atoms with Crippen LogP contribution in [0.1, 0.15) is 73.0 Å². The third-order valence-corrected chi connectivity index (χ3v) is 8.89. The summed E-state index contributed by atoms with van der Waals surface area (Å²) in [5, 5.41) is 23.7. The Morgan fingerprint density at radius 1 is 1.12 bits per heavy atom. The minimum Gasteiger partial charge on any atom is -0.478 e.